The maximum Gasteiger partial charge on any atom is 0.301 e. The van der Waals surface area contributed by atoms with Crippen LogP contribution in [0.5, 0.6) is 5.75 Å². The van der Waals surface area contributed by atoms with Crippen LogP contribution in [0.1, 0.15) is 12.8 Å². The second-order valence-corrected chi connectivity index (χ2v) is 9.56. The van der Waals surface area contributed by atoms with Gasteiger partial charge in [-0.1, -0.05) is 0 Å². The van der Waals surface area contributed by atoms with Crippen molar-refractivity contribution in [2.45, 2.75) is 24.8 Å². The van der Waals surface area contributed by atoms with Crippen molar-refractivity contribution in [1.29, 1.82) is 0 Å². The van der Waals surface area contributed by atoms with Crippen molar-refractivity contribution in [1.82, 2.24) is 9.55 Å². The van der Waals surface area contributed by atoms with Gasteiger partial charge >= 0.3 is 5.92 Å². The Kier molecular flexibility index (Phi) is 5.47. The minimum atomic E-state index is -3.12. The number of anilines is 4. The van der Waals surface area contributed by atoms with E-state index in [1.165, 1.54) is 10.8 Å². The molecule has 0 radical (unpaired) electrons. The van der Waals surface area contributed by atoms with Crippen molar-refractivity contribution in [3.8, 4) is 5.75 Å². The quantitative estimate of drug-likeness (QED) is 0.562. The Morgan fingerprint density at radius 1 is 1.19 bits per heavy atom. The number of rotatable bonds is 4. The zero-order valence-corrected chi connectivity index (χ0v) is 19.7. The van der Waals surface area contributed by atoms with Gasteiger partial charge in [0.2, 0.25) is 5.75 Å². The average Bonchev–Trinajstić information content (AvgIpc) is 3.72. The first-order valence-electron chi connectivity index (χ1n) is 12.0. The fourth-order valence-corrected chi connectivity index (χ4v) is 4.93. The number of halogens is 3. The highest BCUT2D eigenvalue weighted by Crippen LogP contribution is 2.45. The lowest BCUT2D eigenvalue weighted by molar-refractivity contribution is -0.0579. The van der Waals surface area contributed by atoms with Crippen LogP contribution in [0.3, 0.4) is 0 Å². The highest BCUT2D eigenvalue weighted by molar-refractivity contribution is 5.97. The Hall–Kier alpha value is -3.47. The molecule has 3 aromatic rings. The Morgan fingerprint density at radius 2 is 1.97 bits per heavy atom. The van der Waals surface area contributed by atoms with Crippen LogP contribution in [-0.4, -0.2) is 54.4 Å². The molecule has 0 amide bonds. The predicted octanol–water partition coefficient (Wildman–Crippen LogP) is 3.87. The monoisotopic (exact) mass is 501 g/mol. The van der Waals surface area contributed by atoms with Crippen molar-refractivity contribution in [2.75, 3.05) is 48.4 Å². The maximum absolute atomic E-state index is 14.9. The molecular formula is C25H26F3N5O3. The molecule has 4 heterocycles. The van der Waals surface area contributed by atoms with Crippen molar-refractivity contribution in [2.24, 2.45) is 13.0 Å². The van der Waals surface area contributed by atoms with E-state index in [2.05, 4.69) is 15.6 Å². The van der Waals surface area contributed by atoms with E-state index < -0.39 is 29.9 Å². The summed E-state index contributed by atoms with van der Waals surface area (Å²) in [6.07, 6.45) is 2.57. The molecule has 0 spiro atoms. The Morgan fingerprint density at radius 3 is 2.72 bits per heavy atom. The van der Waals surface area contributed by atoms with E-state index >= 15 is 0 Å². The van der Waals surface area contributed by atoms with Gasteiger partial charge in [0.15, 0.2) is 12.4 Å². The zero-order chi connectivity index (χ0) is 25.0. The average molecular weight is 502 g/mol. The molecule has 3 aliphatic rings. The zero-order valence-electron chi connectivity index (χ0n) is 19.7. The number of fused-ring (bicyclic) bond motifs is 3. The third-order valence-corrected chi connectivity index (χ3v) is 7.07. The summed E-state index contributed by atoms with van der Waals surface area (Å²) in [5.41, 5.74) is 1.06. The highest BCUT2D eigenvalue weighted by Gasteiger charge is 2.51. The van der Waals surface area contributed by atoms with Gasteiger partial charge in [-0.25, -0.2) is 18.2 Å². The van der Waals surface area contributed by atoms with E-state index in [1.807, 2.05) is 4.90 Å². The molecule has 1 atom stereocenters. The summed E-state index contributed by atoms with van der Waals surface area (Å²) in [4.78, 5) is 19.2. The highest BCUT2D eigenvalue weighted by atomic mass is 19.3. The molecular weight excluding hydrogens is 475 g/mol. The molecule has 1 aromatic carbocycles. The van der Waals surface area contributed by atoms with Gasteiger partial charge in [-0.15, -0.1) is 0 Å². The summed E-state index contributed by atoms with van der Waals surface area (Å²) in [5.74, 6) is -3.33. The number of aryl methyl sites for hydroxylation is 1. The normalized spacial score (nSPS) is 21.3. The van der Waals surface area contributed by atoms with Gasteiger partial charge in [0.1, 0.15) is 5.82 Å². The SMILES string of the molecule is Cn1c(=O)c2c(c3cc(Nc4cc(N5CCOCC5)ncc4F)ccc31)N[C@@H](C1CC1)C(F)(F)CO2. The van der Waals surface area contributed by atoms with Crippen LogP contribution >= 0.6 is 0 Å². The summed E-state index contributed by atoms with van der Waals surface area (Å²) >= 11 is 0. The second-order valence-electron chi connectivity index (χ2n) is 9.56. The molecule has 2 aromatic heterocycles. The Bertz CT molecular complexity index is 1390. The Labute approximate surface area is 205 Å². The van der Waals surface area contributed by atoms with Crippen LogP contribution in [0.25, 0.3) is 10.9 Å². The molecule has 0 unspecified atom stereocenters. The fraction of sp³-hybridized carbons (Fsp3) is 0.440. The van der Waals surface area contributed by atoms with E-state index in [9.17, 15) is 18.0 Å². The van der Waals surface area contributed by atoms with Crippen LogP contribution in [0, 0.1) is 11.7 Å². The molecule has 6 rings (SSSR count). The number of nitrogens with zero attached hydrogens (tertiary/aromatic N) is 3. The molecule has 1 saturated heterocycles. The van der Waals surface area contributed by atoms with Gasteiger partial charge in [-0.2, -0.15) is 0 Å². The van der Waals surface area contributed by atoms with Gasteiger partial charge in [0.05, 0.1) is 42.3 Å². The number of pyridine rings is 2. The number of morpholine rings is 1. The van der Waals surface area contributed by atoms with Crippen molar-refractivity contribution in [3.05, 3.63) is 46.6 Å². The lowest BCUT2D eigenvalue weighted by atomic mass is 10.0. The van der Waals surface area contributed by atoms with Crippen LogP contribution in [0.4, 0.5) is 36.1 Å². The molecule has 1 aliphatic carbocycles. The first-order chi connectivity index (χ1) is 17.3. The van der Waals surface area contributed by atoms with Crippen molar-refractivity contribution < 1.29 is 22.6 Å². The first-order valence-corrected chi connectivity index (χ1v) is 12.0. The first kappa shape index (κ1) is 23.0. The largest absolute Gasteiger partial charge is 0.480 e. The fourth-order valence-electron chi connectivity index (χ4n) is 4.93. The number of benzene rings is 1. The predicted molar refractivity (Wildman–Crippen MR) is 130 cm³/mol. The molecule has 36 heavy (non-hydrogen) atoms. The molecule has 11 heteroatoms. The lowest BCUT2D eigenvalue weighted by Crippen LogP contribution is -2.44. The molecule has 2 fully saturated rings. The second kappa shape index (κ2) is 8.58. The Balaban J connectivity index is 1.40. The minimum Gasteiger partial charge on any atom is -0.480 e. The van der Waals surface area contributed by atoms with E-state index in [0.717, 1.165) is 0 Å². The van der Waals surface area contributed by atoms with E-state index in [-0.39, 0.29) is 23.0 Å². The van der Waals surface area contributed by atoms with E-state index in [4.69, 9.17) is 9.47 Å². The van der Waals surface area contributed by atoms with Crippen LogP contribution in [0.2, 0.25) is 0 Å². The van der Waals surface area contributed by atoms with E-state index in [1.54, 1.807) is 31.3 Å². The van der Waals surface area contributed by atoms with Gasteiger partial charge < -0.3 is 29.6 Å². The third kappa shape index (κ3) is 4.01. The molecule has 2 N–H and O–H groups in total. The van der Waals surface area contributed by atoms with Gasteiger partial charge in [0.25, 0.3) is 5.56 Å². The number of ether oxygens (including phenoxy) is 2. The van der Waals surface area contributed by atoms with Gasteiger partial charge in [-0.05, 0) is 37.0 Å². The van der Waals surface area contributed by atoms with Crippen LogP contribution < -0.4 is 25.8 Å². The molecule has 8 nitrogen and oxygen atoms in total. The maximum atomic E-state index is 14.9. The smallest absolute Gasteiger partial charge is 0.301 e. The number of nitrogens with one attached hydrogen (secondary N) is 2. The van der Waals surface area contributed by atoms with Crippen molar-refractivity contribution >= 4 is 33.8 Å². The van der Waals surface area contributed by atoms with Crippen LogP contribution in [0.15, 0.2) is 35.3 Å². The third-order valence-electron chi connectivity index (χ3n) is 7.07. The topological polar surface area (TPSA) is 80.7 Å². The van der Waals surface area contributed by atoms with Gasteiger partial charge in [-0.3, -0.25) is 4.79 Å². The molecule has 0 bridgehead atoms. The summed E-state index contributed by atoms with van der Waals surface area (Å²) in [6, 6.07) is 5.65. The number of hydrogen-bond donors (Lipinski definition) is 2. The van der Waals surface area contributed by atoms with Gasteiger partial charge in [0, 0.05) is 37.3 Å². The minimum absolute atomic E-state index is 0.130. The molecule has 190 valence electrons. The summed E-state index contributed by atoms with van der Waals surface area (Å²) in [5, 5.41) is 6.58. The molecule has 1 saturated carbocycles. The number of aromatic nitrogens is 2. The van der Waals surface area contributed by atoms with E-state index in [0.29, 0.717) is 61.6 Å². The standard InChI is InChI=1S/C25H26F3N5O3/c1-32-19-5-4-15(30-18-11-20(29-12-17(18)26)33-6-8-35-9-7-33)10-16(19)21-22(24(32)34)36-13-25(27,28)23(31-21)14-2-3-14/h4-5,10-12,14,23,31H,2-3,6-9,13H2,1H3,(H,29,30)/t23-/m0/s1. The summed E-state index contributed by atoms with van der Waals surface area (Å²) < 4.78 is 56.5. The van der Waals surface area contributed by atoms with Crippen LogP contribution in [-0.2, 0) is 11.8 Å². The lowest BCUT2D eigenvalue weighted by Gasteiger charge is -2.28. The number of alkyl halides is 2. The molecule has 2 aliphatic heterocycles. The summed E-state index contributed by atoms with van der Waals surface area (Å²) in [6.45, 7) is 1.61. The summed E-state index contributed by atoms with van der Waals surface area (Å²) in [7, 11) is 1.57. The van der Waals surface area contributed by atoms with Crippen molar-refractivity contribution in [3.63, 3.8) is 0 Å². The number of hydrogen-bond acceptors (Lipinski definition) is 7.